The third-order valence-electron chi connectivity index (χ3n) is 2.14. The topological polar surface area (TPSA) is 34.4 Å². The van der Waals surface area contributed by atoms with Crippen LogP contribution in [0.5, 0.6) is 0 Å². The van der Waals surface area contributed by atoms with Crippen LogP contribution in [-0.2, 0) is 11.8 Å². The van der Waals surface area contributed by atoms with Gasteiger partial charge < -0.3 is 4.57 Å². The minimum absolute atomic E-state index is 0.613. The number of nitrogens with zero attached hydrogens (tertiary/aromatic N) is 2. The number of hydrogen-bond donors (Lipinski definition) is 0. The van der Waals surface area contributed by atoms with E-state index in [2.05, 4.69) is 20.9 Å². The summed E-state index contributed by atoms with van der Waals surface area (Å²) in [6, 6.07) is 7.73. The number of aryl methyl sites for hydroxylation is 1. The summed E-state index contributed by atoms with van der Waals surface area (Å²) in [5.41, 5.74) is 1.03. The summed E-state index contributed by atoms with van der Waals surface area (Å²) < 4.78 is 2.84. The molecule has 1 heterocycles. The van der Waals surface area contributed by atoms with Crippen LogP contribution in [0.15, 0.2) is 33.7 Å². The number of rotatable bonds is 1. The van der Waals surface area contributed by atoms with Gasteiger partial charge in [-0.05, 0) is 28.1 Å². The van der Waals surface area contributed by atoms with Crippen molar-refractivity contribution in [2.24, 2.45) is 12.0 Å². The molecule has 0 bridgehead atoms. The minimum Gasteiger partial charge on any atom is -0.327 e. The highest BCUT2D eigenvalue weighted by molar-refractivity contribution is 9.10. The van der Waals surface area contributed by atoms with Crippen LogP contribution >= 0.6 is 15.9 Å². The Kier molecular flexibility index (Phi) is 2.23. The second kappa shape index (κ2) is 3.40. The van der Waals surface area contributed by atoms with E-state index >= 15 is 0 Å². The van der Waals surface area contributed by atoms with Crippen molar-refractivity contribution >= 4 is 38.7 Å². The van der Waals surface area contributed by atoms with Crippen LogP contribution in [0, 0.1) is 0 Å². The molecule has 2 aromatic rings. The second-order valence-corrected chi connectivity index (χ2v) is 3.80. The van der Waals surface area contributed by atoms with E-state index in [4.69, 9.17) is 0 Å². The Bertz CT molecular complexity index is 538. The van der Waals surface area contributed by atoms with E-state index in [-0.39, 0.29) is 0 Å². The van der Waals surface area contributed by atoms with Crippen molar-refractivity contribution in [1.82, 2.24) is 4.57 Å². The zero-order chi connectivity index (χ0) is 10.1. The van der Waals surface area contributed by atoms with Crippen molar-refractivity contribution in [3.63, 3.8) is 0 Å². The monoisotopic (exact) mass is 250 g/mol. The SMILES string of the molecule is Cn1c(N=C=O)cc2cccc(Br)c21. The van der Waals surface area contributed by atoms with Crippen molar-refractivity contribution < 1.29 is 4.79 Å². The molecule has 0 N–H and O–H groups in total. The Morgan fingerprint density at radius 3 is 2.93 bits per heavy atom. The number of fused-ring (bicyclic) bond motifs is 1. The van der Waals surface area contributed by atoms with E-state index in [1.807, 2.05) is 35.9 Å². The fourth-order valence-electron chi connectivity index (χ4n) is 1.51. The van der Waals surface area contributed by atoms with Crippen LogP contribution in [0.1, 0.15) is 0 Å². The van der Waals surface area contributed by atoms with E-state index in [0.717, 1.165) is 15.4 Å². The molecule has 0 fully saturated rings. The van der Waals surface area contributed by atoms with Crippen molar-refractivity contribution in [1.29, 1.82) is 0 Å². The van der Waals surface area contributed by atoms with Crippen LogP contribution in [0.4, 0.5) is 5.82 Å². The summed E-state index contributed by atoms with van der Waals surface area (Å²) in [6.07, 6.45) is 1.54. The van der Waals surface area contributed by atoms with Gasteiger partial charge in [0.1, 0.15) is 5.82 Å². The van der Waals surface area contributed by atoms with Crippen molar-refractivity contribution in [3.8, 4) is 0 Å². The molecular weight excluding hydrogens is 244 g/mol. The molecule has 0 aliphatic carbocycles. The van der Waals surface area contributed by atoms with Gasteiger partial charge in [-0.3, -0.25) is 0 Å². The predicted molar refractivity (Wildman–Crippen MR) is 58.4 cm³/mol. The minimum atomic E-state index is 0.613. The highest BCUT2D eigenvalue weighted by Crippen LogP contribution is 2.29. The highest BCUT2D eigenvalue weighted by atomic mass is 79.9. The van der Waals surface area contributed by atoms with Crippen LogP contribution < -0.4 is 0 Å². The maximum absolute atomic E-state index is 10.2. The molecule has 0 atom stereocenters. The smallest absolute Gasteiger partial charge is 0.242 e. The van der Waals surface area contributed by atoms with Gasteiger partial charge in [0.05, 0.1) is 5.52 Å². The lowest BCUT2D eigenvalue weighted by atomic mass is 10.2. The average Bonchev–Trinajstić information content (AvgIpc) is 2.46. The summed E-state index contributed by atoms with van der Waals surface area (Å²) >= 11 is 3.45. The molecule has 3 nitrogen and oxygen atoms in total. The molecule has 0 spiro atoms. The number of carbonyl (C=O) groups excluding carboxylic acids is 1. The third-order valence-corrected chi connectivity index (χ3v) is 2.78. The van der Waals surface area contributed by atoms with E-state index < -0.39 is 0 Å². The van der Waals surface area contributed by atoms with Gasteiger partial charge in [0, 0.05) is 16.9 Å². The Labute approximate surface area is 89.2 Å². The van der Waals surface area contributed by atoms with Gasteiger partial charge in [0.15, 0.2) is 0 Å². The predicted octanol–water partition coefficient (Wildman–Crippen LogP) is 2.91. The first-order valence-corrected chi connectivity index (χ1v) is 4.85. The van der Waals surface area contributed by atoms with Crippen molar-refractivity contribution in [2.75, 3.05) is 0 Å². The molecule has 14 heavy (non-hydrogen) atoms. The number of benzene rings is 1. The summed E-state index contributed by atoms with van der Waals surface area (Å²) in [7, 11) is 1.86. The quantitative estimate of drug-likeness (QED) is 0.566. The Hall–Kier alpha value is -1.38. The van der Waals surface area contributed by atoms with Gasteiger partial charge in [-0.25, -0.2) is 4.79 Å². The van der Waals surface area contributed by atoms with E-state index in [9.17, 15) is 4.79 Å². The third kappa shape index (κ3) is 1.29. The fraction of sp³-hybridized carbons (Fsp3) is 0.100. The molecule has 0 saturated carbocycles. The van der Waals surface area contributed by atoms with Crippen molar-refractivity contribution in [2.45, 2.75) is 0 Å². The van der Waals surface area contributed by atoms with Crippen LogP contribution in [0.3, 0.4) is 0 Å². The number of halogens is 1. The van der Waals surface area contributed by atoms with E-state index in [1.54, 1.807) is 6.08 Å². The average molecular weight is 251 g/mol. The molecule has 0 saturated heterocycles. The maximum atomic E-state index is 10.2. The number of hydrogen-bond acceptors (Lipinski definition) is 2. The summed E-state index contributed by atoms with van der Waals surface area (Å²) in [6.45, 7) is 0. The number of para-hydroxylation sites is 1. The van der Waals surface area contributed by atoms with Gasteiger partial charge in [-0.2, -0.15) is 0 Å². The molecule has 4 heteroatoms. The number of isocyanates is 1. The first-order chi connectivity index (χ1) is 6.74. The molecule has 2 rings (SSSR count). The van der Waals surface area contributed by atoms with E-state index in [0.29, 0.717) is 5.82 Å². The second-order valence-electron chi connectivity index (χ2n) is 2.94. The summed E-state index contributed by atoms with van der Waals surface area (Å²) in [4.78, 5) is 13.8. The summed E-state index contributed by atoms with van der Waals surface area (Å²) in [5.74, 6) is 0.613. The summed E-state index contributed by atoms with van der Waals surface area (Å²) in [5, 5.41) is 1.05. The molecule has 0 aliphatic heterocycles. The molecule has 70 valence electrons. The van der Waals surface area contributed by atoms with Gasteiger partial charge in [-0.1, -0.05) is 12.1 Å². The first kappa shape index (κ1) is 9.19. The Balaban J connectivity index is 2.87. The standard InChI is InChI=1S/C10H7BrN2O/c1-13-9(12-6-14)5-7-3-2-4-8(11)10(7)13/h2-5H,1H3. The van der Waals surface area contributed by atoms with Crippen LogP contribution in [0.2, 0.25) is 0 Å². The molecule has 0 unspecified atom stereocenters. The fourth-order valence-corrected chi connectivity index (χ4v) is 2.15. The lowest BCUT2D eigenvalue weighted by Gasteiger charge is -1.99. The van der Waals surface area contributed by atoms with Crippen LogP contribution in [-0.4, -0.2) is 10.6 Å². The normalized spacial score (nSPS) is 10.1. The lowest BCUT2D eigenvalue weighted by Crippen LogP contribution is -1.86. The maximum Gasteiger partial charge on any atom is 0.242 e. The zero-order valence-corrected chi connectivity index (χ0v) is 9.08. The highest BCUT2D eigenvalue weighted by Gasteiger charge is 2.06. The molecule has 1 aromatic heterocycles. The number of aliphatic imine (C=N–C) groups is 1. The van der Waals surface area contributed by atoms with Gasteiger partial charge in [-0.15, -0.1) is 4.99 Å². The Morgan fingerprint density at radius 2 is 2.29 bits per heavy atom. The van der Waals surface area contributed by atoms with Gasteiger partial charge in [0.2, 0.25) is 6.08 Å². The van der Waals surface area contributed by atoms with Crippen molar-refractivity contribution in [3.05, 3.63) is 28.7 Å². The number of aromatic nitrogens is 1. The van der Waals surface area contributed by atoms with E-state index in [1.165, 1.54) is 0 Å². The van der Waals surface area contributed by atoms with Gasteiger partial charge in [0.25, 0.3) is 0 Å². The molecular formula is C10H7BrN2O. The molecule has 0 radical (unpaired) electrons. The Morgan fingerprint density at radius 1 is 1.50 bits per heavy atom. The van der Waals surface area contributed by atoms with Gasteiger partial charge >= 0.3 is 0 Å². The molecule has 1 aromatic carbocycles. The molecule has 0 amide bonds. The molecule has 0 aliphatic rings. The first-order valence-electron chi connectivity index (χ1n) is 4.06. The lowest BCUT2D eigenvalue weighted by molar-refractivity contribution is 0.565. The largest absolute Gasteiger partial charge is 0.327 e. The zero-order valence-electron chi connectivity index (χ0n) is 7.49. The van der Waals surface area contributed by atoms with Crippen LogP contribution in [0.25, 0.3) is 10.9 Å².